The van der Waals surface area contributed by atoms with Gasteiger partial charge in [-0.1, -0.05) is 32.0 Å². The molecular formula is C22H23N3O4. The SMILES string of the molecule is Cc1ccc(NC(=O)C(C)C)cc1NC(=O)CCN1C(=O)c2ccccc2C1=O. The molecule has 0 saturated heterocycles. The summed E-state index contributed by atoms with van der Waals surface area (Å²) in [4.78, 5) is 50.1. The average Bonchev–Trinajstić information content (AvgIpc) is 2.93. The van der Waals surface area contributed by atoms with Gasteiger partial charge in [-0.2, -0.15) is 0 Å². The summed E-state index contributed by atoms with van der Waals surface area (Å²) >= 11 is 0. The molecule has 2 aromatic rings. The third kappa shape index (κ3) is 4.34. The van der Waals surface area contributed by atoms with E-state index in [0.29, 0.717) is 22.5 Å². The van der Waals surface area contributed by atoms with Crippen molar-refractivity contribution < 1.29 is 19.2 Å². The molecule has 150 valence electrons. The normalized spacial score (nSPS) is 12.9. The second-order valence-electron chi connectivity index (χ2n) is 7.28. The molecular weight excluding hydrogens is 370 g/mol. The first kappa shape index (κ1) is 20.3. The number of hydrogen-bond donors (Lipinski definition) is 2. The first-order valence-corrected chi connectivity index (χ1v) is 9.44. The number of carbonyl (C=O) groups is 4. The Morgan fingerprint density at radius 3 is 2.17 bits per heavy atom. The number of fused-ring (bicyclic) bond motifs is 1. The standard InChI is InChI=1S/C22H23N3O4/c1-13(2)20(27)23-15-9-8-14(3)18(12-15)24-19(26)10-11-25-21(28)16-6-4-5-7-17(16)22(25)29/h4-9,12-13H,10-11H2,1-3H3,(H,23,27)(H,24,26). The lowest BCUT2D eigenvalue weighted by Gasteiger charge is -2.15. The molecule has 2 N–H and O–H groups in total. The van der Waals surface area contributed by atoms with E-state index in [4.69, 9.17) is 0 Å². The summed E-state index contributed by atoms with van der Waals surface area (Å²) in [6.45, 7) is 5.44. The number of nitrogens with one attached hydrogen (secondary N) is 2. The monoisotopic (exact) mass is 393 g/mol. The summed E-state index contributed by atoms with van der Waals surface area (Å²) in [5.41, 5.74) is 2.72. The zero-order chi connectivity index (χ0) is 21.1. The van der Waals surface area contributed by atoms with Crippen LogP contribution in [0.15, 0.2) is 42.5 Å². The Hall–Kier alpha value is -3.48. The van der Waals surface area contributed by atoms with E-state index in [2.05, 4.69) is 10.6 Å². The van der Waals surface area contributed by atoms with Gasteiger partial charge >= 0.3 is 0 Å². The fraction of sp³-hybridized carbons (Fsp3) is 0.273. The molecule has 1 aliphatic rings. The summed E-state index contributed by atoms with van der Waals surface area (Å²) in [6, 6.07) is 11.9. The van der Waals surface area contributed by atoms with E-state index < -0.39 is 0 Å². The molecule has 7 nitrogen and oxygen atoms in total. The largest absolute Gasteiger partial charge is 0.326 e. The number of imide groups is 1. The minimum Gasteiger partial charge on any atom is -0.326 e. The molecule has 1 aliphatic heterocycles. The van der Waals surface area contributed by atoms with Crippen LogP contribution in [0.25, 0.3) is 0 Å². The van der Waals surface area contributed by atoms with E-state index in [-0.39, 0.29) is 42.5 Å². The Kier molecular flexibility index (Phi) is 5.77. The van der Waals surface area contributed by atoms with Gasteiger partial charge in [0, 0.05) is 30.3 Å². The highest BCUT2D eigenvalue weighted by Crippen LogP contribution is 2.23. The molecule has 0 saturated carbocycles. The Labute approximate surface area is 169 Å². The zero-order valence-electron chi connectivity index (χ0n) is 16.6. The second kappa shape index (κ2) is 8.26. The van der Waals surface area contributed by atoms with E-state index in [0.717, 1.165) is 10.5 Å². The summed E-state index contributed by atoms with van der Waals surface area (Å²) in [5, 5.41) is 5.58. The molecule has 0 atom stereocenters. The quantitative estimate of drug-likeness (QED) is 0.737. The molecule has 7 heteroatoms. The Balaban J connectivity index is 1.62. The number of benzene rings is 2. The number of nitrogens with zero attached hydrogens (tertiary/aromatic N) is 1. The lowest BCUT2D eigenvalue weighted by molar-refractivity contribution is -0.119. The van der Waals surface area contributed by atoms with Crippen LogP contribution in [0.4, 0.5) is 11.4 Å². The van der Waals surface area contributed by atoms with Crippen molar-refractivity contribution in [3.8, 4) is 0 Å². The Morgan fingerprint density at radius 1 is 0.966 bits per heavy atom. The predicted octanol–water partition coefficient (Wildman–Crippen LogP) is 3.21. The van der Waals surface area contributed by atoms with Crippen LogP contribution in [-0.4, -0.2) is 35.1 Å². The third-order valence-corrected chi connectivity index (χ3v) is 4.74. The summed E-state index contributed by atoms with van der Waals surface area (Å²) in [7, 11) is 0. The molecule has 1 heterocycles. The van der Waals surface area contributed by atoms with Gasteiger partial charge in [-0.3, -0.25) is 24.1 Å². The van der Waals surface area contributed by atoms with Gasteiger partial charge in [0.2, 0.25) is 11.8 Å². The highest BCUT2D eigenvalue weighted by molar-refractivity contribution is 6.21. The van der Waals surface area contributed by atoms with E-state index in [1.54, 1.807) is 56.3 Å². The first-order valence-electron chi connectivity index (χ1n) is 9.44. The van der Waals surface area contributed by atoms with Crippen LogP contribution in [0.5, 0.6) is 0 Å². The summed E-state index contributed by atoms with van der Waals surface area (Å²) < 4.78 is 0. The molecule has 0 fully saturated rings. The molecule has 4 amide bonds. The number of hydrogen-bond acceptors (Lipinski definition) is 4. The van der Waals surface area contributed by atoms with Crippen LogP contribution in [0.3, 0.4) is 0 Å². The number of amides is 4. The number of anilines is 2. The summed E-state index contributed by atoms with van der Waals surface area (Å²) in [5.74, 6) is -1.36. The van der Waals surface area contributed by atoms with Gasteiger partial charge in [-0.15, -0.1) is 0 Å². The number of rotatable bonds is 6. The molecule has 2 aromatic carbocycles. The zero-order valence-corrected chi connectivity index (χ0v) is 16.6. The van der Waals surface area contributed by atoms with Crippen LogP contribution < -0.4 is 10.6 Å². The van der Waals surface area contributed by atoms with Crippen LogP contribution in [0.2, 0.25) is 0 Å². The molecule has 0 spiro atoms. The van der Waals surface area contributed by atoms with Crippen molar-refractivity contribution in [2.24, 2.45) is 5.92 Å². The molecule has 0 radical (unpaired) electrons. The fourth-order valence-corrected chi connectivity index (χ4v) is 2.99. The third-order valence-electron chi connectivity index (χ3n) is 4.74. The minimum absolute atomic E-state index is 0.000996. The van der Waals surface area contributed by atoms with E-state index >= 15 is 0 Å². The van der Waals surface area contributed by atoms with Crippen molar-refractivity contribution in [3.63, 3.8) is 0 Å². The van der Waals surface area contributed by atoms with E-state index in [1.807, 2.05) is 6.92 Å². The highest BCUT2D eigenvalue weighted by Gasteiger charge is 2.34. The fourth-order valence-electron chi connectivity index (χ4n) is 2.99. The maximum absolute atomic E-state index is 12.4. The first-order chi connectivity index (χ1) is 13.8. The molecule has 0 bridgehead atoms. The smallest absolute Gasteiger partial charge is 0.261 e. The van der Waals surface area contributed by atoms with Crippen molar-refractivity contribution in [3.05, 3.63) is 59.2 Å². The molecule has 0 aromatic heterocycles. The van der Waals surface area contributed by atoms with Gasteiger partial charge < -0.3 is 10.6 Å². The van der Waals surface area contributed by atoms with Crippen LogP contribution in [0.1, 0.15) is 46.5 Å². The van der Waals surface area contributed by atoms with Crippen LogP contribution >= 0.6 is 0 Å². The maximum atomic E-state index is 12.4. The van der Waals surface area contributed by atoms with Crippen molar-refractivity contribution in [2.75, 3.05) is 17.2 Å². The van der Waals surface area contributed by atoms with Gasteiger partial charge in [-0.05, 0) is 36.8 Å². The van der Waals surface area contributed by atoms with E-state index in [9.17, 15) is 19.2 Å². The molecule has 29 heavy (non-hydrogen) atoms. The van der Waals surface area contributed by atoms with Crippen molar-refractivity contribution >= 4 is 35.0 Å². The van der Waals surface area contributed by atoms with Crippen LogP contribution in [0, 0.1) is 12.8 Å². The summed E-state index contributed by atoms with van der Waals surface area (Å²) in [6.07, 6.45) is -0.0203. The Bertz CT molecular complexity index is 962. The second-order valence-corrected chi connectivity index (χ2v) is 7.28. The van der Waals surface area contributed by atoms with Gasteiger partial charge in [-0.25, -0.2) is 0 Å². The number of aryl methyl sites for hydroxylation is 1. The van der Waals surface area contributed by atoms with Gasteiger partial charge in [0.25, 0.3) is 11.8 Å². The molecule has 3 rings (SSSR count). The molecule has 0 aliphatic carbocycles. The van der Waals surface area contributed by atoms with Crippen molar-refractivity contribution in [1.82, 2.24) is 4.90 Å². The number of carbonyl (C=O) groups excluding carboxylic acids is 4. The lowest BCUT2D eigenvalue weighted by atomic mass is 10.1. The maximum Gasteiger partial charge on any atom is 0.261 e. The van der Waals surface area contributed by atoms with Gasteiger partial charge in [0.15, 0.2) is 0 Å². The topological polar surface area (TPSA) is 95.6 Å². The van der Waals surface area contributed by atoms with Gasteiger partial charge in [0.1, 0.15) is 0 Å². The van der Waals surface area contributed by atoms with Crippen molar-refractivity contribution in [1.29, 1.82) is 0 Å². The molecule has 0 unspecified atom stereocenters. The average molecular weight is 393 g/mol. The highest BCUT2D eigenvalue weighted by atomic mass is 16.2. The van der Waals surface area contributed by atoms with E-state index in [1.165, 1.54) is 0 Å². The Morgan fingerprint density at radius 2 is 1.59 bits per heavy atom. The predicted molar refractivity (Wildman–Crippen MR) is 110 cm³/mol. The lowest BCUT2D eigenvalue weighted by Crippen LogP contribution is -2.33. The van der Waals surface area contributed by atoms with Crippen LogP contribution in [-0.2, 0) is 9.59 Å². The van der Waals surface area contributed by atoms with Gasteiger partial charge in [0.05, 0.1) is 11.1 Å². The minimum atomic E-state index is -0.382. The van der Waals surface area contributed by atoms with Crippen molar-refractivity contribution in [2.45, 2.75) is 27.2 Å².